The Bertz CT molecular complexity index is 826. The van der Waals surface area contributed by atoms with Crippen LogP contribution in [0.4, 0.5) is 0 Å². The maximum atomic E-state index is 11.6. The van der Waals surface area contributed by atoms with E-state index in [0.717, 1.165) is 29.1 Å². The summed E-state index contributed by atoms with van der Waals surface area (Å²) in [6, 6.07) is 19.5. The highest BCUT2D eigenvalue weighted by molar-refractivity contribution is 5.93. The first-order chi connectivity index (χ1) is 12.2. The van der Waals surface area contributed by atoms with E-state index in [1.165, 1.54) is 0 Å². The van der Waals surface area contributed by atoms with Crippen molar-refractivity contribution in [3.8, 4) is 11.3 Å². The summed E-state index contributed by atoms with van der Waals surface area (Å²) in [6.45, 7) is 1.45. The predicted molar refractivity (Wildman–Crippen MR) is 96.9 cm³/mol. The van der Waals surface area contributed by atoms with Crippen molar-refractivity contribution in [1.29, 1.82) is 0 Å². The minimum atomic E-state index is -0.0732. The summed E-state index contributed by atoms with van der Waals surface area (Å²) in [4.78, 5) is 13.7. The monoisotopic (exact) mass is 335 g/mol. The van der Waals surface area contributed by atoms with Crippen LogP contribution in [0.5, 0.6) is 0 Å². The van der Waals surface area contributed by atoms with E-state index in [0.29, 0.717) is 12.1 Å². The third-order valence-electron chi connectivity index (χ3n) is 3.94. The van der Waals surface area contributed by atoms with Gasteiger partial charge >= 0.3 is 0 Å². The van der Waals surface area contributed by atoms with Crippen LogP contribution < -0.4 is 5.32 Å². The SMILES string of the molecule is CNC(=O)c1ccc(CN(C)Cc2cc(-c3ccccc3)on2)cc1. The molecule has 0 aliphatic heterocycles. The molecule has 3 rings (SSSR count). The molecule has 0 aliphatic carbocycles. The highest BCUT2D eigenvalue weighted by Crippen LogP contribution is 2.20. The minimum absolute atomic E-state index is 0.0732. The van der Waals surface area contributed by atoms with Crippen LogP contribution >= 0.6 is 0 Å². The largest absolute Gasteiger partial charge is 0.356 e. The molecule has 0 atom stereocenters. The number of hydrogen-bond acceptors (Lipinski definition) is 4. The van der Waals surface area contributed by atoms with Crippen LogP contribution in [0.15, 0.2) is 65.2 Å². The van der Waals surface area contributed by atoms with Gasteiger partial charge in [0.1, 0.15) is 0 Å². The number of nitrogens with one attached hydrogen (secondary N) is 1. The second-order valence-corrected chi connectivity index (χ2v) is 6.00. The lowest BCUT2D eigenvalue weighted by atomic mass is 10.1. The van der Waals surface area contributed by atoms with Crippen molar-refractivity contribution in [1.82, 2.24) is 15.4 Å². The molecule has 1 heterocycles. The Morgan fingerprint density at radius 2 is 1.80 bits per heavy atom. The van der Waals surface area contributed by atoms with Crippen LogP contribution in [-0.4, -0.2) is 30.1 Å². The van der Waals surface area contributed by atoms with Crippen LogP contribution in [0.2, 0.25) is 0 Å². The molecule has 0 saturated heterocycles. The normalized spacial score (nSPS) is 10.8. The lowest BCUT2D eigenvalue weighted by Gasteiger charge is -2.15. The van der Waals surface area contributed by atoms with Gasteiger partial charge in [-0.05, 0) is 24.7 Å². The summed E-state index contributed by atoms with van der Waals surface area (Å²) in [6.07, 6.45) is 0. The fourth-order valence-electron chi connectivity index (χ4n) is 2.67. The van der Waals surface area contributed by atoms with Gasteiger partial charge in [0, 0.05) is 37.3 Å². The molecule has 0 aliphatic rings. The number of hydrogen-bond donors (Lipinski definition) is 1. The van der Waals surface area contributed by atoms with Crippen molar-refractivity contribution < 1.29 is 9.32 Å². The summed E-state index contributed by atoms with van der Waals surface area (Å²) in [5.74, 6) is 0.704. The standard InChI is InChI=1S/C20H21N3O2/c1-21-20(24)17-10-8-15(9-11-17)13-23(2)14-18-12-19(25-22-18)16-6-4-3-5-7-16/h3-12H,13-14H2,1-2H3,(H,21,24). The van der Waals surface area contributed by atoms with Crippen molar-refractivity contribution in [2.75, 3.05) is 14.1 Å². The molecular formula is C20H21N3O2. The molecule has 25 heavy (non-hydrogen) atoms. The Labute approximate surface area is 147 Å². The molecule has 1 aromatic heterocycles. The van der Waals surface area contributed by atoms with Gasteiger partial charge in [0.15, 0.2) is 5.76 Å². The first-order valence-corrected chi connectivity index (χ1v) is 8.16. The molecule has 0 bridgehead atoms. The smallest absolute Gasteiger partial charge is 0.251 e. The Hall–Kier alpha value is -2.92. The Morgan fingerprint density at radius 3 is 2.48 bits per heavy atom. The zero-order valence-corrected chi connectivity index (χ0v) is 14.4. The summed E-state index contributed by atoms with van der Waals surface area (Å²) in [5.41, 5.74) is 3.72. The quantitative estimate of drug-likeness (QED) is 0.751. The molecule has 0 fully saturated rings. The zero-order valence-electron chi connectivity index (χ0n) is 14.4. The van der Waals surface area contributed by atoms with Crippen molar-refractivity contribution in [3.05, 3.63) is 77.5 Å². The number of benzene rings is 2. The van der Waals surface area contributed by atoms with E-state index in [9.17, 15) is 4.79 Å². The van der Waals surface area contributed by atoms with Gasteiger partial charge in [-0.3, -0.25) is 9.69 Å². The van der Waals surface area contributed by atoms with Crippen LogP contribution in [0.3, 0.4) is 0 Å². The molecule has 3 aromatic rings. The van der Waals surface area contributed by atoms with E-state index >= 15 is 0 Å². The van der Waals surface area contributed by atoms with E-state index in [-0.39, 0.29) is 5.91 Å². The lowest BCUT2D eigenvalue weighted by Crippen LogP contribution is -2.19. The molecule has 128 valence electrons. The van der Waals surface area contributed by atoms with Crippen LogP contribution in [0, 0.1) is 0 Å². The van der Waals surface area contributed by atoms with Gasteiger partial charge in [-0.15, -0.1) is 0 Å². The maximum absolute atomic E-state index is 11.6. The van der Waals surface area contributed by atoms with Gasteiger partial charge in [0.2, 0.25) is 0 Å². The van der Waals surface area contributed by atoms with E-state index in [1.807, 2.05) is 67.7 Å². The van der Waals surface area contributed by atoms with E-state index < -0.39 is 0 Å². The number of amides is 1. The number of nitrogens with zero attached hydrogens (tertiary/aromatic N) is 2. The molecule has 0 spiro atoms. The first-order valence-electron chi connectivity index (χ1n) is 8.16. The molecule has 2 aromatic carbocycles. The summed E-state index contributed by atoms with van der Waals surface area (Å²) in [7, 11) is 3.66. The van der Waals surface area contributed by atoms with Crippen molar-refractivity contribution in [2.24, 2.45) is 0 Å². The van der Waals surface area contributed by atoms with Gasteiger partial charge in [0.25, 0.3) is 5.91 Å². The molecule has 5 heteroatoms. The van der Waals surface area contributed by atoms with Crippen molar-refractivity contribution in [3.63, 3.8) is 0 Å². The minimum Gasteiger partial charge on any atom is -0.356 e. The first kappa shape index (κ1) is 16.9. The Morgan fingerprint density at radius 1 is 1.08 bits per heavy atom. The number of carbonyl (C=O) groups is 1. The second-order valence-electron chi connectivity index (χ2n) is 6.00. The number of rotatable bonds is 6. The number of carbonyl (C=O) groups excluding carboxylic acids is 1. The van der Waals surface area contributed by atoms with Crippen LogP contribution in [0.1, 0.15) is 21.6 Å². The summed E-state index contributed by atoms with van der Waals surface area (Å²) in [5, 5.41) is 6.77. The topological polar surface area (TPSA) is 58.4 Å². The van der Waals surface area contributed by atoms with Crippen LogP contribution in [-0.2, 0) is 13.1 Å². The third kappa shape index (κ3) is 4.33. The van der Waals surface area contributed by atoms with Gasteiger partial charge in [0.05, 0.1) is 5.69 Å². The maximum Gasteiger partial charge on any atom is 0.251 e. The van der Waals surface area contributed by atoms with Gasteiger partial charge < -0.3 is 9.84 Å². The average molecular weight is 335 g/mol. The molecular weight excluding hydrogens is 314 g/mol. The third-order valence-corrected chi connectivity index (χ3v) is 3.94. The van der Waals surface area contributed by atoms with Gasteiger partial charge in [-0.1, -0.05) is 47.6 Å². The lowest BCUT2D eigenvalue weighted by molar-refractivity contribution is 0.0963. The fourth-order valence-corrected chi connectivity index (χ4v) is 2.67. The second kappa shape index (κ2) is 7.77. The van der Waals surface area contributed by atoms with Crippen molar-refractivity contribution in [2.45, 2.75) is 13.1 Å². The molecule has 0 unspecified atom stereocenters. The van der Waals surface area contributed by atoms with E-state index in [4.69, 9.17) is 4.52 Å². The highest BCUT2D eigenvalue weighted by atomic mass is 16.5. The van der Waals surface area contributed by atoms with Gasteiger partial charge in [-0.25, -0.2) is 0 Å². The summed E-state index contributed by atoms with van der Waals surface area (Å²) < 4.78 is 5.44. The van der Waals surface area contributed by atoms with E-state index in [2.05, 4.69) is 15.4 Å². The van der Waals surface area contributed by atoms with Gasteiger partial charge in [-0.2, -0.15) is 0 Å². The molecule has 1 amide bonds. The molecule has 1 N–H and O–H groups in total. The molecule has 0 saturated carbocycles. The highest BCUT2D eigenvalue weighted by Gasteiger charge is 2.09. The van der Waals surface area contributed by atoms with E-state index in [1.54, 1.807) is 7.05 Å². The summed E-state index contributed by atoms with van der Waals surface area (Å²) >= 11 is 0. The Balaban J connectivity index is 1.60. The molecule has 5 nitrogen and oxygen atoms in total. The van der Waals surface area contributed by atoms with Crippen LogP contribution in [0.25, 0.3) is 11.3 Å². The molecule has 0 radical (unpaired) electrons. The van der Waals surface area contributed by atoms with Crippen molar-refractivity contribution >= 4 is 5.91 Å². The zero-order chi connectivity index (χ0) is 17.6. The Kier molecular flexibility index (Phi) is 5.26. The number of aromatic nitrogens is 1. The predicted octanol–water partition coefficient (Wildman–Crippen LogP) is 3.33. The average Bonchev–Trinajstić information content (AvgIpc) is 3.10. The fraction of sp³-hybridized carbons (Fsp3) is 0.200.